The van der Waals surface area contributed by atoms with E-state index in [0.29, 0.717) is 18.7 Å². The summed E-state index contributed by atoms with van der Waals surface area (Å²) >= 11 is 0. The van der Waals surface area contributed by atoms with Gasteiger partial charge in [-0.2, -0.15) is 0 Å². The van der Waals surface area contributed by atoms with Crippen molar-refractivity contribution in [2.45, 2.75) is 33.2 Å². The zero-order valence-corrected chi connectivity index (χ0v) is 14.2. The molecule has 1 aromatic rings. The monoisotopic (exact) mass is 316 g/mol. The molecule has 1 amide bonds. The highest BCUT2D eigenvalue weighted by molar-refractivity contribution is 5.94. The molecule has 126 valence electrons. The number of carbonyl (C=O) groups is 1. The van der Waals surface area contributed by atoms with E-state index in [2.05, 4.69) is 34.4 Å². The fraction of sp³-hybridized carbons (Fsp3) is 0.444. The van der Waals surface area contributed by atoms with Crippen molar-refractivity contribution >= 4 is 11.9 Å². The van der Waals surface area contributed by atoms with Gasteiger partial charge in [-0.3, -0.25) is 4.79 Å². The van der Waals surface area contributed by atoms with Crippen LogP contribution in [0.25, 0.3) is 0 Å². The fourth-order valence-electron chi connectivity index (χ4n) is 1.92. The number of hydrogen-bond donors (Lipinski definition) is 3. The predicted molar refractivity (Wildman–Crippen MR) is 96.7 cm³/mol. The molecule has 0 bridgehead atoms. The van der Waals surface area contributed by atoms with Crippen molar-refractivity contribution in [2.24, 2.45) is 4.99 Å². The zero-order chi connectivity index (χ0) is 16.9. The van der Waals surface area contributed by atoms with Gasteiger partial charge in [0.15, 0.2) is 5.96 Å². The van der Waals surface area contributed by atoms with Crippen LogP contribution in [0.4, 0.5) is 0 Å². The third-order valence-corrected chi connectivity index (χ3v) is 3.21. The van der Waals surface area contributed by atoms with E-state index in [9.17, 15) is 4.79 Å². The van der Waals surface area contributed by atoms with Crippen LogP contribution in [0.5, 0.6) is 0 Å². The van der Waals surface area contributed by atoms with E-state index in [1.54, 1.807) is 6.08 Å². The van der Waals surface area contributed by atoms with Crippen LogP contribution in [0, 0.1) is 0 Å². The summed E-state index contributed by atoms with van der Waals surface area (Å²) < 4.78 is 0. The Labute approximate surface area is 139 Å². The molecule has 0 atom stereocenters. The lowest BCUT2D eigenvalue weighted by molar-refractivity contribution is 0.0953. The summed E-state index contributed by atoms with van der Waals surface area (Å²) in [5, 5.41) is 9.24. The molecule has 0 heterocycles. The Morgan fingerprint density at radius 3 is 2.52 bits per heavy atom. The smallest absolute Gasteiger partial charge is 0.251 e. The first-order valence-electron chi connectivity index (χ1n) is 8.21. The maximum atomic E-state index is 11.9. The van der Waals surface area contributed by atoms with Gasteiger partial charge in [0, 0.05) is 25.2 Å². The van der Waals surface area contributed by atoms with Crippen molar-refractivity contribution in [3.8, 4) is 0 Å². The molecule has 3 N–H and O–H groups in total. The molecule has 0 fully saturated rings. The van der Waals surface area contributed by atoms with Gasteiger partial charge in [-0.1, -0.05) is 31.6 Å². The molecule has 0 saturated carbocycles. The molecule has 5 heteroatoms. The molecule has 0 aliphatic carbocycles. The van der Waals surface area contributed by atoms with Gasteiger partial charge in [-0.15, -0.1) is 6.58 Å². The first-order valence-corrected chi connectivity index (χ1v) is 8.21. The van der Waals surface area contributed by atoms with Gasteiger partial charge in [-0.25, -0.2) is 4.99 Å². The van der Waals surface area contributed by atoms with Crippen molar-refractivity contribution in [3.63, 3.8) is 0 Å². The minimum Gasteiger partial charge on any atom is -0.357 e. The second kappa shape index (κ2) is 11.3. The van der Waals surface area contributed by atoms with E-state index in [0.717, 1.165) is 37.5 Å². The maximum Gasteiger partial charge on any atom is 0.251 e. The number of hydrogen-bond acceptors (Lipinski definition) is 2. The molecule has 23 heavy (non-hydrogen) atoms. The average Bonchev–Trinajstić information content (AvgIpc) is 2.58. The first kappa shape index (κ1) is 18.7. The lowest BCUT2D eigenvalue weighted by atomic mass is 10.1. The highest BCUT2D eigenvalue weighted by Gasteiger charge is 2.04. The van der Waals surface area contributed by atoms with Crippen LogP contribution >= 0.6 is 0 Å². The minimum absolute atomic E-state index is 0.0190. The number of carbonyl (C=O) groups excluding carboxylic acids is 1. The third kappa shape index (κ3) is 7.49. The molecule has 0 aliphatic rings. The van der Waals surface area contributed by atoms with Gasteiger partial charge in [0.05, 0.1) is 6.54 Å². The second-order valence-electron chi connectivity index (χ2n) is 5.17. The quantitative estimate of drug-likeness (QED) is 0.284. The molecule has 0 aliphatic heterocycles. The number of unbranched alkanes of at least 4 members (excludes halogenated alkanes) is 1. The van der Waals surface area contributed by atoms with Gasteiger partial charge in [0.2, 0.25) is 0 Å². The van der Waals surface area contributed by atoms with Crippen LogP contribution in [-0.4, -0.2) is 31.5 Å². The Kier molecular flexibility index (Phi) is 9.20. The Morgan fingerprint density at radius 1 is 1.17 bits per heavy atom. The van der Waals surface area contributed by atoms with Crippen LogP contribution in [-0.2, 0) is 6.54 Å². The molecule has 0 radical (unpaired) electrons. The molecular weight excluding hydrogens is 288 g/mol. The van der Waals surface area contributed by atoms with Gasteiger partial charge in [0.25, 0.3) is 5.91 Å². The maximum absolute atomic E-state index is 11.9. The van der Waals surface area contributed by atoms with E-state index in [4.69, 9.17) is 0 Å². The minimum atomic E-state index is -0.0190. The molecular formula is C18H28N4O. The van der Waals surface area contributed by atoms with E-state index in [1.165, 1.54) is 0 Å². The zero-order valence-electron chi connectivity index (χ0n) is 14.2. The van der Waals surface area contributed by atoms with Crippen LogP contribution in [0.2, 0.25) is 0 Å². The summed E-state index contributed by atoms with van der Waals surface area (Å²) in [5.41, 5.74) is 1.75. The summed E-state index contributed by atoms with van der Waals surface area (Å²) in [5.74, 6) is 0.739. The molecule has 5 nitrogen and oxygen atoms in total. The third-order valence-electron chi connectivity index (χ3n) is 3.21. The lowest BCUT2D eigenvalue weighted by Gasteiger charge is -2.09. The van der Waals surface area contributed by atoms with Crippen LogP contribution in [0.3, 0.4) is 0 Å². The summed E-state index contributed by atoms with van der Waals surface area (Å²) in [6.45, 7) is 10.6. The fourth-order valence-corrected chi connectivity index (χ4v) is 1.92. The second-order valence-corrected chi connectivity index (χ2v) is 5.17. The standard InChI is InChI=1S/C18H28N4O/c1-4-7-13-20-17(23)16-10-8-15(9-11-16)14-22-18(19-6-3)21-12-5-2/h5,8-11H,2,4,6-7,12-14H2,1,3H3,(H,20,23)(H2,19,21,22). The Hall–Kier alpha value is -2.30. The summed E-state index contributed by atoms with van der Waals surface area (Å²) in [4.78, 5) is 16.4. The average molecular weight is 316 g/mol. The predicted octanol–water partition coefficient (Wildman–Crippen LogP) is 2.46. The van der Waals surface area contributed by atoms with Crippen molar-refractivity contribution in [1.82, 2.24) is 16.0 Å². The van der Waals surface area contributed by atoms with Gasteiger partial charge >= 0.3 is 0 Å². The number of guanidine groups is 1. The molecule has 0 aromatic heterocycles. The Morgan fingerprint density at radius 2 is 1.91 bits per heavy atom. The van der Waals surface area contributed by atoms with E-state index >= 15 is 0 Å². The van der Waals surface area contributed by atoms with Crippen LogP contribution in [0.1, 0.15) is 42.6 Å². The van der Waals surface area contributed by atoms with Gasteiger partial charge < -0.3 is 16.0 Å². The van der Waals surface area contributed by atoms with Gasteiger partial charge in [0.1, 0.15) is 0 Å². The number of nitrogens with one attached hydrogen (secondary N) is 3. The highest BCUT2D eigenvalue weighted by atomic mass is 16.1. The topological polar surface area (TPSA) is 65.5 Å². The summed E-state index contributed by atoms with van der Waals surface area (Å²) in [7, 11) is 0. The number of rotatable bonds is 9. The summed E-state index contributed by atoms with van der Waals surface area (Å²) in [6, 6.07) is 7.57. The number of benzene rings is 1. The van der Waals surface area contributed by atoms with E-state index < -0.39 is 0 Å². The number of nitrogens with zero attached hydrogens (tertiary/aromatic N) is 1. The normalized spacial score (nSPS) is 11.0. The van der Waals surface area contributed by atoms with Crippen molar-refractivity contribution in [3.05, 3.63) is 48.0 Å². The number of aliphatic imine (C=N–C) groups is 1. The van der Waals surface area contributed by atoms with Crippen molar-refractivity contribution in [2.75, 3.05) is 19.6 Å². The Bertz CT molecular complexity index is 508. The van der Waals surface area contributed by atoms with Crippen LogP contribution in [0.15, 0.2) is 41.9 Å². The van der Waals surface area contributed by atoms with Gasteiger partial charge in [-0.05, 0) is 31.0 Å². The lowest BCUT2D eigenvalue weighted by Crippen LogP contribution is -2.37. The highest BCUT2D eigenvalue weighted by Crippen LogP contribution is 2.06. The first-order chi connectivity index (χ1) is 11.2. The van der Waals surface area contributed by atoms with Crippen molar-refractivity contribution < 1.29 is 4.79 Å². The molecule has 0 spiro atoms. The SMILES string of the molecule is C=CCNC(=NCc1ccc(C(=O)NCCCC)cc1)NCC. The van der Waals surface area contributed by atoms with E-state index in [1.807, 2.05) is 31.2 Å². The van der Waals surface area contributed by atoms with Crippen molar-refractivity contribution in [1.29, 1.82) is 0 Å². The van der Waals surface area contributed by atoms with Crippen LogP contribution < -0.4 is 16.0 Å². The molecule has 1 aromatic carbocycles. The number of amides is 1. The summed E-state index contributed by atoms with van der Waals surface area (Å²) in [6.07, 6.45) is 3.87. The largest absolute Gasteiger partial charge is 0.357 e. The molecule has 1 rings (SSSR count). The Balaban J connectivity index is 2.58. The molecule has 0 saturated heterocycles. The van der Waals surface area contributed by atoms with E-state index in [-0.39, 0.29) is 5.91 Å². The molecule has 0 unspecified atom stereocenters.